The minimum Gasteiger partial charge on any atom is -0.380 e. The first-order chi connectivity index (χ1) is 5.41. The van der Waals surface area contributed by atoms with Crippen molar-refractivity contribution in [1.29, 1.82) is 0 Å². The molecule has 0 bridgehead atoms. The third kappa shape index (κ3) is 9.66. The van der Waals surface area contributed by atoms with Gasteiger partial charge in [0.25, 0.3) is 0 Å². The summed E-state index contributed by atoms with van der Waals surface area (Å²) < 4.78 is 5.29. The van der Waals surface area contributed by atoms with Gasteiger partial charge in [0, 0.05) is 6.54 Å². The second-order valence-electron chi connectivity index (χ2n) is 2.44. The molecule has 0 aromatic heterocycles. The molecule has 0 aromatic carbocycles. The molecule has 0 aromatic rings. The molecule has 0 fully saturated rings. The highest BCUT2D eigenvalue weighted by molar-refractivity contribution is 4.64. The highest BCUT2D eigenvalue weighted by atomic mass is 16.5. The zero-order valence-electron chi connectivity index (χ0n) is 7.44. The van der Waals surface area contributed by atoms with E-state index in [4.69, 9.17) is 4.74 Å². The average molecular weight is 157 g/mol. The number of ether oxygens (including phenoxy) is 1. The number of hydrogen-bond acceptors (Lipinski definition) is 2. The van der Waals surface area contributed by atoms with E-state index >= 15 is 0 Å². The van der Waals surface area contributed by atoms with E-state index in [9.17, 15) is 0 Å². The summed E-state index contributed by atoms with van der Waals surface area (Å²) in [6, 6.07) is 0. The van der Waals surface area contributed by atoms with Gasteiger partial charge >= 0.3 is 0 Å². The van der Waals surface area contributed by atoms with Gasteiger partial charge in [0.05, 0.1) is 13.2 Å². The Morgan fingerprint density at radius 2 is 2.18 bits per heavy atom. The van der Waals surface area contributed by atoms with Crippen LogP contribution in [0, 0.1) is 0 Å². The molecule has 0 aliphatic heterocycles. The zero-order valence-corrected chi connectivity index (χ0v) is 7.44. The molecule has 0 atom stereocenters. The van der Waals surface area contributed by atoms with Crippen LogP contribution in [-0.4, -0.2) is 26.3 Å². The Bertz CT molecular complexity index is 83.6. The Morgan fingerprint density at radius 1 is 1.36 bits per heavy atom. The molecule has 0 rings (SSSR count). The monoisotopic (exact) mass is 157 g/mol. The van der Waals surface area contributed by atoms with Gasteiger partial charge in [0.15, 0.2) is 0 Å². The first kappa shape index (κ1) is 10.7. The van der Waals surface area contributed by atoms with Gasteiger partial charge in [-0.3, -0.25) is 0 Å². The standard InChI is InChI=1S/C9H19NO/c1-3-5-8-11-9-7-10-6-4-2/h3,10H,1,4-9H2,2H3. The SMILES string of the molecule is C=CCCOCCNCCC. The van der Waals surface area contributed by atoms with Gasteiger partial charge in [-0.2, -0.15) is 0 Å². The Balaban J connectivity index is 2.74. The van der Waals surface area contributed by atoms with Crippen molar-refractivity contribution in [3.8, 4) is 0 Å². The predicted molar refractivity (Wildman–Crippen MR) is 48.8 cm³/mol. The Hall–Kier alpha value is -0.340. The lowest BCUT2D eigenvalue weighted by atomic mass is 10.4. The molecule has 0 heterocycles. The van der Waals surface area contributed by atoms with E-state index in [0.29, 0.717) is 0 Å². The summed E-state index contributed by atoms with van der Waals surface area (Å²) in [5, 5.41) is 3.26. The van der Waals surface area contributed by atoms with Gasteiger partial charge in [-0.15, -0.1) is 6.58 Å². The van der Waals surface area contributed by atoms with Gasteiger partial charge in [0.1, 0.15) is 0 Å². The predicted octanol–water partition coefficient (Wildman–Crippen LogP) is 1.58. The third-order valence-electron chi connectivity index (χ3n) is 1.32. The van der Waals surface area contributed by atoms with Crippen LogP contribution in [0.3, 0.4) is 0 Å². The van der Waals surface area contributed by atoms with Gasteiger partial charge in [-0.25, -0.2) is 0 Å². The molecular formula is C9H19NO. The number of rotatable bonds is 8. The molecule has 1 N–H and O–H groups in total. The van der Waals surface area contributed by atoms with E-state index in [1.54, 1.807) is 0 Å². The summed E-state index contributed by atoms with van der Waals surface area (Å²) in [4.78, 5) is 0. The van der Waals surface area contributed by atoms with Crippen molar-refractivity contribution in [2.45, 2.75) is 19.8 Å². The molecular weight excluding hydrogens is 138 g/mol. The van der Waals surface area contributed by atoms with Crippen LogP contribution in [0.2, 0.25) is 0 Å². The quantitative estimate of drug-likeness (QED) is 0.426. The van der Waals surface area contributed by atoms with Crippen LogP contribution < -0.4 is 5.32 Å². The summed E-state index contributed by atoms with van der Waals surface area (Å²) in [6.45, 7) is 9.44. The van der Waals surface area contributed by atoms with E-state index in [0.717, 1.165) is 32.7 Å². The average Bonchev–Trinajstić information content (AvgIpc) is 2.03. The summed E-state index contributed by atoms with van der Waals surface area (Å²) in [5.41, 5.74) is 0. The topological polar surface area (TPSA) is 21.3 Å². The Morgan fingerprint density at radius 3 is 2.82 bits per heavy atom. The highest BCUT2D eigenvalue weighted by Gasteiger charge is 1.85. The van der Waals surface area contributed by atoms with Crippen molar-refractivity contribution >= 4 is 0 Å². The van der Waals surface area contributed by atoms with Crippen LogP contribution in [0.1, 0.15) is 19.8 Å². The van der Waals surface area contributed by atoms with Crippen molar-refractivity contribution < 1.29 is 4.74 Å². The summed E-state index contributed by atoms with van der Waals surface area (Å²) >= 11 is 0. The minimum absolute atomic E-state index is 0.803. The van der Waals surface area contributed by atoms with E-state index in [-0.39, 0.29) is 0 Å². The van der Waals surface area contributed by atoms with Crippen molar-refractivity contribution in [2.24, 2.45) is 0 Å². The molecule has 0 unspecified atom stereocenters. The summed E-state index contributed by atoms with van der Waals surface area (Å²) in [6.07, 6.45) is 4.01. The smallest absolute Gasteiger partial charge is 0.0591 e. The largest absolute Gasteiger partial charge is 0.380 e. The molecule has 66 valence electrons. The maximum Gasteiger partial charge on any atom is 0.0591 e. The molecule has 0 radical (unpaired) electrons. The van der Waals surface area contributed by atoms with E-state index in [2.05, 4.69) is 18.8 Å². The fraction of sp³-hybridized carbons (Fsp3) is 0.778. The van der Waals surface area contributed by atoms with Gasteiger partial charge in [-0.1, -0.05) is 13.0 Å². The van der Waals surface area contributed by atoms with Crippen molar-refractivity contribution in [2.75, 3.05) is 26.3 Å². The lowest BCUT2D eigenvalue weighted by molar-refractivity contribution is 0.140. The van der Waals surface area contributed by atoms with Crippen LogP contribution in [0.15, 0.2) is 12.7 Å². The van der Waals surface area contributed by atoms with Crippen LogP contribution in [0.5, 0.6) is 0 Å². The maximum absolute atomic E-state index is 5.29. The fourth-order valence-electron chi connectivity index (χ4n) is 0.715. The van der Waals surface area contributed by atoms with Gasteiger partial charge in [-0.05, 0) is 19.4 Å². The second kappa shape index (κ2) is 9.66. The van der Waals surface area contributed by atoms with Crippen LogP contribution >= 0.6 is 0 Å². The molecule has 2 heteroatoms. The van der Waals surface area contributed by atoms with E-state index in [1.807, 2.05) is 6.08 Å². The normalized spacial score (nSPS) is 9.91. The first-order valence-electron chi connectivity index (χ1n) is 4.31. The number of hydrogen-bond donors (Lipinski definition) is 1. The molecule has 0 spiro atoms. The Kier molecular flexibility index (Phi) is 9.36. The van der Waals surface area contributed by atoms with Gasteiger partial charge in [0.2, 0.25) is 0 Å². The zero-order chi connectivity index (χ0) is 8.36. The van der Waals surface area contributed by atoms with Crippen molar-refractivity contribution in [3.05, 3.63) is 12.7 Å². The van der Waals surface area contributed by atoms with Crippen molar-refractivity contribution in [3.63, 3.8) is 0 Å². The summed E-state index contributed by atoms with van der Waals surface area (Å²) in [7, 11) is 0. The maximum atomic E-state index is 5.29. The van der Waals surface area contributed by atoms with Crippen LogP contribution in [0.4, 0.5) is 0 Å². The van der Waals surface area contributed by atoms with Crippen LogP contribution in [0.25, 0.3) is 0 Å². The molecule has 0 saturated heterocycles. The van der Waals surface area contributed by atoms with Gasteiger partial charge < -0.3 is 10.1 Å². The lowest BCUT2D eigenvalue weighted by Gasteiger charge is -2.02. The summed E-state index contributed by atoms with van der Waals surface area (Å²) in [5.74, 6) is 0. The van der Waals surface area contributed by atoms with Crippen molar-refractivity contribution in [1.82, 2.24) is 5.32 Å². The second-order valence-corrected chi connectivity index (χ2v) is 2.44. The fourth-order valence-corrected chi connectivity index (χ4v) is 0.715. The molecule has 0 saturated carbocycles. The molecule has 0 aliphatic carbocycles. The first-order valence-corrected chi connectivity index (χ1v) is 4.31. The lowest BCUT2D eigenvalue weighted by Crippen LogP contribution is -2.20. The molecule has 2 nitrogen and oxygen atoms in total. The van der Waals surface area contributed by atoms with E-state index in [1.165, 1.54) is 6.42 Å². The Labute approximate surface area is 69.6 Å². The minimum atomic E-state index is 0.803. The molecule has 0 amide bonds. The molecule has 0 aliphatic rings. The number of nitrogens with one attached hydrogen (secondary N) is 1. The molecule has 11 heavy (non-hydrogen) atoms. The van der Waals surface area contributed by atoms with E-state index < -0.39 is 0 Å². The third-order valence-corrected chi connectivity index (χ3v) is 1.32. The van der Waals surface area contributed by atoms with Crippen LogP contribution in [-0.2, 0) is 4.74 Å². The highest BCUT2D eigenvalue weighted by Crippen LogP contribution is 1.81.